The number of halogens is 1. The van der Waals surface area contributed by atoms with Gasteiger partial charge in [-0.15, -0.1) is 12.4 Å². The van der Waals surface area contributed by atoms with Crippen LogP contribution >= 0.6 is 12.4 Å². The fourth-order valence-electron chi connectivity index (χ4n) is 2.89. The van der Waals surface area contributed by atoms with E-state index in [1.54, 1.807) is 0 Å². The van der Waals surface area contributed by atoms with Crippen LogP contribution in [0.25, 0.3) is 0 Å². The number of nitrogens with one attached hydrogen (secondary N) is 1. The number of piperazine rings is 1. The fraction of sp³-hybridized carbons (Fsp3) is 0.909. The van der Waals surface area contributed by atoms with Crippen LogP contribution in [-0.2, 0) is 4.79 Å². The second-order valence-electron chi connectivity index (χ2n) is 4.63. The van der Waals surface area contributed by atoms with E-state index >= 15 is 0 Å². The normalized spacial score (nSPS) is 25.8. The number of hydrogen-bond donors (Lipinski definition) is 2. The summed E-state index contributed by atoms with van der Waals surface area (Å²) in [5.74, 6) is -0.607. The molecular weight excluding hydrogens is 228 g/mol. The molecule has 0 atom stereocenters. The van der Waals surface area contributed by atoms with Gasteiger partial charge in [0.25, 0.3) is 0 Å². The zero-order chi connectivity index (χ0) is 10.7. The molecule has 1 heterocycles. The van der Waals surface area contributed by atoms with Gasteiger partial charge in [0, 0.05) is 26.2 Å². The molecule has 0 bridgehead atoms. The van der Waals surface area contributed by atoms with Gasteiger partial charge >= 0.3 is 5.97 Å². The van der Waals surface area contributed by atoms with Gasteiger partial charge in [-0.05, 0) is 12.8 Å². The molecule has 4 nitrogen and oxygen atoms in total. The van der Waals surface area contributed by atoms with Crippen molar-refractivity contribution in [3.05, 3.63) is 0 Å². The number of nitrogens with zero attached hydrogens (tertiary/aromatic N) is 1. The highest BCUT2D eigenvalue weighted by Crippen LogP contribution is 2.34. The average Bonchev–Trinajstić information content (AvgIpc) is 2.31. The van der Waals surface area contributed by atoms with Crippen LogP contribution in [0.2, 0.25) is 0 Å². The maximum atomic E-state index is 11.5. The summed E-state index contributed by atoms with van der Waals surface area (Å²) < 4.78 is 0. The molecule has 0 unspecified atom stereocenters. The Balaban J connectivity index is 0.00000128. The summed E-state index contributed by atoms with van der Waals surface area (Å²) in [6, 6.07) is 0. The van der Waals surface area contributed by atoms with Crippen molar-refractivity contribution in [1.82, 2.24) is 10.2 Å². The first-order chi connectivity index (χ1) is 7.26. The number of aliphatic carboxylic acids is 1. The Bertz CT molecular complexity index is 236. The van der Waals surface area contributed by atoms with Crippen molar-refractivity contribution in [2.75, 3.05) is 26.2 Å². The molecule has 1 aliphatic heterocycles. The highest BCUT2D eigenvalue weighted by atomic mass is 35.5. The van der Waals surface area contributed by atoms with Crippen molar-refractivity contribution in [2.45, 2.75) is 37.6 Å². The molecule has 1 aliphatic carbocycles. The molecule has 1 saturated carbocycles. The second-order valence-corrected chi connectivity index (χ2v) is 4.63. The minimum atomic E-state index is -0.607. The molecule has 0 amide bonds. The lowest BCUT2D eigenvalue weighted by molar-refractivity contribution is -0.154. The zero-order valence-electron chi connectivity index (χ0n) is 9.57. The van der Waals surface area contributed by atoms with Crippen molar-refractivity contribution in [2.24, 2.45) is 0 Å². The van der Waals surface area contributed by atoms with Crippen LogP contribution in [0.4, 0.5) is 0 Å². The lowest BCUT2D eigenvalue weighted by Crippen LogP contribution is -2.60. The average molecular weight is 249 g/mol. The Kier molecular flexibility index (Phi) is 5.02. The smallest absolute Gasteiger partial charge is 0.324 e. The molecule has 2 aliphatic rings. The van der Waals surface area contributed by atoms with Crippen molar-refractivity contribution in [3.8, 4) is 0 Å². The first-order valence-electron chi connectivity index (χ1n) is 5.95. The summed E-state index contributed by atoms with van der Waals surface area (Å²) in [7, 11) is 0. The van der Waals surface area contributed by atoms with Gasteiger partial charge in [0.1, 0.15) is 5.54 Å². The minimum absolute atomic E-state index is 0. The predicted molar refractivity (Wildman–Crippen MR) is 65.1 cm³/mol. The molecule has 16 heavy (non-hydrogen) atoms. The quantitative estimate of drug-likeness (QED) is 0.769. The summed E-state index contributed by atoms with van der Waals surface area (Å²) in [5, 5.41) is 12.8. The zero-order valence-corrected chi connectivity index (χ0v) is 10.4. The molecule has 94 valence electrons. The van der Waals surface area contributed by atoms with E-state index < -0.39 is 11.5 Å². The number of hydrogen-bond acceptors (Lipinski definition) is 3. The third kappa shape index (κ3) is 2.50. The summed E-state index contributed by atoms with van der Waals surface area (Å²) in [4.78, 5) is 13.7. The first-order valence-corrected chi connectivity index (χ1v) is 5.95. The van der Waals surface area contributed by atoms with E-state index in [4.69, 9.17) is 0 Å². The summed E-state index contributed by atoms with van der Waals surface area (Å²) in [5.41, 5.74) is -0.541. The van der Waals surface area contributed by atoms with Crippen LogP contribution in [0.15, 0.2) is 0 Å². The van der Waals surface area contributed by atoms with Crippen LogP contribution in [0.3, 0.4) is 0 Å². The lowest BCUT2D eigenvalue weighted by Gasteiger charge is -2.45. The van der Waals surface area contributed by atoms with Gasteiger partial charge in [0.2, 0.25) is 0 Å². The Morgan fingerprint density at radius 2 is 1.69 bits per heavy atom. The van der Waals surface area contributed by atoms with Crippen molar-refractivity contribution in [1.29, 1.82) is 0 Å². The molecule has 0 aromatic heterocycles. The number of rotatable bonds is 2. The molecule has 2 N–H and O–H groups in total. The van der Waals surface area contributed by atoms with E-state index in [1.165, 1.54) is 6.42 Å². The van der Waals surface area contributed by atoms with Gasteiger partial charge in [-0.2, -0.15) is 0 Å². The molecule has 2 rings (SSSR count). The molecule has 0 radical (unpaired) electrons. The summed E-state index contributed by atoms with van der Waals surface area (Å²) in [6.45, 7) is 3.61. The van der Waals surface area contributed by atoms with Crippen molar-refractivity contribution >= 4 is 18.4 Å². The second kappa shape index (κ2) is 5.84. The van der Waals surface area contributed by atoms with Gasteiger partial charge in [0.15, 0.2) is 0 Å². The van der Waals surface area contributed by atoms with Crippen LogP contribution in [-0.4, -0.2) is 47.7 Å². The van der Waals surface area contributed by atoms with Crippen LogP contribution in [0.1, 0.15) is 32.1 Å². The van der Waals surface area contributed by atoms with Crippen molar-refractivity contribution < 1.29 is 9.90 Å². The molecule has 0 spiro atoms. The van der Waals surface area contributed by atoms with E-state index in [0.717, 1.165) is 51.9 Å². The maximum Gasteiger partial charge on any atom is 0.324 e. The summed E-state index contributed by atoms with van der Waals surface area (Å²) in [6.07, 6.45) is 5.00. The predicted octanol–water partition coefficient (Wildman–Crippen LogP) is 1.10. The Labute approximate surface area is 103 Å². The minimum Gasteiger partial charge on any atom is -0.480 e. The third-order valence-electron chi connectivity index (χ3n) is 3.80. The van der Waals surface area contributed by atoms with Gasteiger partial charge in [-0.25, -0.2) is 0 Å². The molecule has 2 fully saturated rings. The van der Waals surface area contributed by atoms with Crippen LogP contribution in [0.5, 0.6) is 0 Å². The topological polar surface area (TPSA) is 52.6 Å². The standard InChI is InChI=1S/C11H20N2O2.ClH/c14-10(15)11(4-2-1-3-5-11)13-8-6-12-7-9-13;/h12H,1-9H2,(H,14,15);1H. The van der Waals surface area contributed by atoms with E-state index in [2.05, 4.69) is 10.2 Å². The molecule has 1 saturated heterocycles. The van der Waals surface area contributed by atoms with E-state index in [1.807, 2.05) is 0 Å². The highest BCUT2D eigenvalue weighted by molar-refractivity contribution is 5.85. The lowest BCUT2D eigenvalue weighted by atomic mass is 9.80. The van der Waals surface area contributed by atoms with Gasteiger partial charge in [-0.1, -0.05) is 19.3 Å². The Morgan fingerprint density at radius 3 is 2.19 bits per heavy atom. The number of carbonyl (C=O) groups is 1. The molecule has 5 heteroatoms. The van der Waals surface area contributed by atoms with Crippen molar-refractivity contribution in [3.63, 3.8) is 0 Å². The van der Waals surface area contributed by atoms with E-state index in [-0.39, 0.29) is 12.4 Å². The maximum absolute atomic E-state index is 11.5. The van der Waals surface area contributed by atoms with Gasteiger partial charge < -0.3 is 10.4 Å². The van der Waals surface area contributed by atoms with Gasteiger partial charge in [-0.3, -0.25) is 9.69 Å². The SMILES string of the molecule is Cl.O=C(O)C1(N2CCNCC2)CCCCC1. The monoisotopic (exact) mass is 248 g/mol. The fourth-order valence-corrected chi connectivity index (χ4v) is 2.89. The van der Waals surface area contributed by atoms with Gasteiger partial charge in [0.05, 0.1) is 0 Å². The molecule has 0 aromatic carbocycles. The Hall–Kier alpha value is -0.320. The number of carboxylic acid groups (broad SMARTS) is 1. The van der Waals surface area contributed by atoms with Crippen LogP contribution in [0, 0.1) is 0 Å². The summed E-state index contributed by atoms with van der Waals surface area (Å²) >= 11 is 0. The highest BCUT2D eigenvalue weighted by Gasteiger charge is 2.44. The first kappa shape index (κ1) is 13.7. The van der Waals surface area contributed by atoms with Crippen LogP contribution < -0.4 is 5.32 Å². The van der Waals surface area contributed by atoms with E-state index in [9.17, 15) is 9.90 Å². The molecular formula is C11H21ClN2O2. The van der Waals surface area contributed by atoms with E-state index in [0.29, 0.717) is 0 Å². The largest absolute Gasteiger partial charge is 0.480 e. The third-order valence-corrected chi connectivity index (χ3v) is 3.80. The Morgan fingerprint density at radius 1 is 1.12 bits per heavy atom. The molecule has 0 aromatic rings. The number of carboxylic acids is 1.